The second kappa shape index (κ2) is 7.93. The van der Waals surface area contributed by atoms with Crippen LogP contribution in [0.2, 0.25) is 0 Å². The van der Waals surface area contributed by atoms with Crippen LogP contribution in [0.3, 0.4) is 0 Å². The number of aryl methyl sites for hydroxylation is 1. The third kappa shape index (κ3) is 5.32. The third-order valence-corrected chi connectivity index (χ3v) is 5.91. The molecule has 0 aliphatic heterocycles. The first kappa shape index (κ1) is 17.9. The Labute approximate surface area is 138 Å². The average molecular weight is 338 g/mol. The Kier molecular flexibility index (Phi) is 6.18. The monoisotopic (exact) mass is 338 g/mol. The van der Waals surface area contributed by atoms with Crippen molar-refractivity contribution in [2.45, 2.75) is 56.9 Å². The molecule has 1 saturated carbocycles. The Morgan fingerprint density at radius 2 is 1.83 bits per heavy atom. The minimum absolute atomic E-state index is 0.0876. The summed E-state index contributed by atoms with van der Waals surface area (Å²) in [4.78, 5) is 12.2. The smallest absolute Gasteiger partial charge is 0.240 e. The molecule has 0 heterocycles. The molecular weight excluding hydrogens is 312 g/mol. The van der Waals surface area contributed by atoms with Gasteiger partial charge in [-0.1, -0.05) is 37.5 Å². The Morgan fingerprint density at radius 1 is 1.17 bits per heavy atom. The second-order valence-electron chi connectivity index (χ2n) is 6.40. The molecule has 0 radical (unpaired) electrons. The van der Waals surface area contributed by atoms with Crippen molar-refractivity contribution in [1.29, 1.82) is 0 Å². The minimum atomic E-state index is -3.55. The van der Waals surface area contributed by atoms with Crippen molar-refractivity contribution in [3.05, 3.63) is 29.8 Å². The summed E-state index contributed by atoms with van der Waals surface area (Å²) < 4.78 is 26.7. The highest BCUT2D eigenvalue weighted by Gasteiger charge is 2.22. The van der Waals surface area contributed by atoms with Gasteiger partial charge in [-0.3, -0.25) is 4.79 Å². The molecule has 0 saturated heterocycles. The van der Waals surface area contributed by atoms with E-state index in [-0.39, 0.29) is 29.8 Å². The summed E-state index contributed by atoms with van der Waals surface area (Å²) in [6, 6.07) is 6.88. The molecule has 1 fully saturated rings. The lowest BCUT2D eigenvalue weighted by molar-refractivity contribution is -0.122. The van der Waals surface area contributed by atoms with Gasteiger partial charge in [0, 0.05) is 19.0 Å². The Bertz CT molecular complexity index is 626. The fraction of sp³-hybridized carbons (Fsp3) is 0.588. The molecular formula is C17H26N2O3S. The van der Waals surface area contributed by atoms with Crippen molar-refractivity contribution in [2.24, 2.45) is 5.92 Å². The van der Waals surface area contributed by atoms with Gasteiger partial charge >= 0.3 is 0 Å². The van der Waals surface area contributed by atoms with Crippen LogP contribution in [0.1, 0.15) is 44.6 Å². The minimum Gasteiger partial charge on any atom is -0.353 e. The second-order valence-corrected chi connectivity index (χ2v) is 8.16. The SMILES string of the molecule is Cc1ccc(S(=O)(=O)NCCC(=O)N[C@@H]2CCCC[C@H]2C)cc1. The van der Waals surface area contributed by atoms with Crippen LogP contribution in [0.25, 0.3) is 0 Å². The first-order valence-electron chi connectivity index (χ1n) is 8.24. The number of amides is 1. The van der Waals surface area contributed by atoms with Gasteiger partial charge in [0.2, 0.25) is 15.9 Å². The van der Waals surface area contributed by atoms with Crippen molar-refractivity contribution in [2.75, 3.05) is 6.54 Å². The lowest BCUT2D eigenvalue weighted by Crippen LogP contribution is -2.42. The zero-order valence-electron chi connectivity index (χ0n) is 13.8. The van der Waals surface area contributed by atoms with Crippen LogP contribution in [0.4, 0.5) is 0 Å². The van der Waals surface area contributed by atoms with E-state index in [1.165, 1.54) is 6.42 Å². The third-order valence-electron chi connectivity index (χ3n) is 4.43. The normalized spacial score (nSPS) is 21.8. The van der Waals surface area contributed by atoms with Gasteiger partial charge < -0.3 is 5.32 Å². The molecule has 1 aromatic rings. The van der Waals surface area contributed by atoms with Crippen LogP contribution in [-0.4, -0.2) is 26.9 Å². The van der Waals surface area contributed by atoms with Gasteiger partial charge in [0.1, 0.15) is 0 Å². The Balaban J connectivity index is 1.79. The molecule has 1 aliphatic rings. The van der Waals surface area contributed by atoms with Crippen LogP contribution >= 0.6 is 0 Å². The fourth-order valence-corrected chi connectivity index (χ4v) is 3.94. The van der Waals surface area contributed by atoms with E-state index < -0.39 is 10.0 Å². The Morgan fingerprint density at radius 3 is 2.48 bits per heavy atom. The zero-order chi connectivity index (χ0) is 16.9. The number of sulfonamides is 1. The lowest BCUT2D eigenvalue weighted by Gasteiger charge is -2.29. The number of hydrogen-bond acceptors (Lipinski definition) is 3. The average Bonchev–Trinajstić information content (AvgIpc) is 2.50. The molecule has 128 valence electrons. The van der Waals surface area contributed by atoms with Crippen LogP contribution in [0, 0.1) is 12.8 Å². The molecule has 2 atom stereocenters. The predicted molar refractivity (Wildman–Crippen MR) is 90.5 cm³/mol. The first-order valence-corrected chi connectivity index (χ1v) is 9.72. The summed E-state index contributed by atoms with van der Waals surface area (Å²) in [5.74, 6) is 0.410. The molecule has 6 heteroatoms. The zero-order valence-corrected chi connectivity index (χ0v) is 14.7. The molecule has 5 nitrogen and oxygen atoms in total. The highest BCUT2D eigenvalue weighted by molar-refractivity contribution is 7.89. The van der Waals surface area contributed by atoms with Gasteiger partial charge in [-0.05, 0) is 37.8 Å². The van der Waals surface area contributed by atoms with Gasteiger partial charge in [-0.2, -0.15) is 0 Å². The number of nitrogens with one attached hydrogen (secondary N) is 2. The summed E-state index contributed by atoms with van der Waals surface area (Å²) in [5.41, 5.74) is 1.00. The van der Waals surface area contributed by atoms with E-state index in [9.17, 15) is 13.2 Å². The molecule has 0 spiro atoms. The first-order chi connectivity index (χ1) is 10.9. The van der Waals surface area contributed by atoms with E-state index in [2.05, 4.69) is 17.0 Å². The summed E-state index contributed by atoms with van der Waals surface area (Å²) in [7, 11) is -3.55. The maximum atomic E-state index is 12.1. The number of carbonyl (C=O) groups is 1. The summed E-state index contributed by atoms with van der Waals surface area (Å²) in [5, 5.41) is 3.03. The van der Waals surface area contributed by atoms with Gasteiger partial charge in [-0.25, -0.2) is 13.1 Å². The fourth-order valence-electron chi connectivity index (χ4n) is 2.91. The Hall–Kier alpha value is -1.40. The number of rotatable bonds is 6. The van der Waals surface area contributed by atoms with E-state index in [0.717, 1.165) is 24.8 Å². The molecule has 0 bridgehead atoms. The number of hydrogen-bond donors (Lipinski definition) is 2. The number of carbonyl (C=O) groups excluding carboxylic acids is 1. The van der Waals surface area contributed by atoms with Gasteiger partial charge in [0.25, 0.3) is 0 Å². The maximum Gasteiger partial charge on any atom is 0.240 e. The van der Waals surface area contributed by atoms with Crippen molar-refractivity contribution in [3.8, 4) is 0 Å². The highest BCUT2D eigenvalue weighted by Crippen LogP contribution is 2.23. The molecule has 0 unspecified atom stereocenters. The molecule has 1 aliphatic carbocycles. The van der Waals surface area contributed by atoms with Crippen LogP contribution in [-0.2, 0) is 14.8 Å². The van der Waals surface area contributed by atoms with E-state index in [0.29, 0.717) is 5.92 Å². The molecule has 1 amide bonds. The van der Waals surface area contributed by atoms with E-state index in [1.807, 2.05) is 6.92 Å². The van der Waals surface area contributed by atoms with Crippen molar-refractivity contribution in [3.63, 3.8) is 0 Å². The summed E-state index contributed by atoms with van der Waals surface area (Å²) in [6.07, 6.45) is 4.69. The quantitative estimate of drug-likeness (QED) is 0.836. The standard InChI is InChI=1S/C17H26N2O3S/c1-13-7-9-15(10-8-13)23(21,22)18-12-11-17(20)19-16-6-4-3-5-14(16)2/h7-10,14,16,18H,3-6,11-12H2,1-2H3,(H,19,20)/t14-,16-/m1/s1. The van der Waals surface area contributed by atoms with Crippen LogP contribution in [0.5, 0.6) is 0 Å². The predicted octanol–water partition coefficient (Wildman–Crippen LogP) is 2.36. The number of benzene rings is 1. The van der Waals surface area contributed by atoms with Gasteiger partial charge in [0.15, 0.2) is 0 Å². The van der Waals surface area contributed by atoms with Crippen LogP contribution < -0.4 is 10.0 Å². The molecule has 23 heavy (non-hydrogen) atoms. The van der Waals surface area contributed by atoms with Crippen molar-refractivity contribution < 1.29 is 13.2 Å². The largest absolute Gasteiger partial charge is 0.353 e. The summed E-state index contributed by atoms with van der Waals surface area (Å²) >= 11 is 0. The topological polar surface area (TPSA) is 75.3 Å². The molecule has 2 N–H and O–H groups in total. The van der Waals surface area contributed by atoms with E-state index in [4.69, 9.17) is 0 Å². The molecule has 2 rings (SSSR count). The van der Waals surface area contributed by atoms with Crippen LogP contribution in [0.15, 0.2) is 29.2 Å². The van der Waals surface area contributed by atoms with E-state index >= 15 is 0 Å². The lowest BCUT2D eigenvalue weighted by atomic mass is 9.86. The molecule has 1 aromatic carbocycles. The maximum absolute atomic E-state index is 12.1. The van der Waals surface area contributed by atoms with E-state index in [1.54, 1.807) is 24.3 Å². The highest BCUT2D eigenvalue weighted by atomic mass is 32.2. The molecule has 0 aromatic heterocycles. The van der Waals surface area contributed by atoms with Gasteiger partial charge in [-0.15, -0.1) is 0 Å². The van der Waals surface area contributed by atoms with Crippen molar-refractivity contribution >= 4 is 15.9 Å². The van der Waals surface area contributed by atoms with Crippen molar-refractivity contribution in [1.82, 2.24) is 10.0 Å². The summed E-state index contributed by atoms with van der Waals surface area (Å²) in [6.45, 7) is 4.17. The van der Waals surface area contributed by atoms with Gasteiger partial charge in [0.05, 0.1) is 4.90 Å².